The first-order valence-corrected chi connectivity index (χ1v) is 10.7. The molecule has 1 unspecified atom stereocenters. The third-order valence-corrected chi connectivity index (χ3v) is 5.88. The van der Waals surface area contributed by atoms with Crippen LogP contribution in [0.5, 0.6) is 0 Å². The van der Waals surface area contributed by atoms with Crippen LogP contribution in [0.4, 0.5) is 11.4 Å². The van der Waals surface area contributed by atoms with Crippen LogP contribution in [0.3, 0.4) is 0 Å². The van der Waals surface area contributed by atoms with Gasteiger partial charge in [0.25, 0.3) is 5.69 Å². The summed E-state index contributed by atoms with van der Waals surface area (Å²) in [6.45, 7) is 11.1. The van der Waals surface area contributed by atoms with Crippen molar-refractivity contribution in [1.29, 1.82) is 0 Å². The molecule has 1 aliphatic heterocycles. The maximum Gasteiger partial charge on any atom is 0.339 e. The Morgan fingerprint density at radius 2 is 1.93 bits per heavy atom. The van der Waals surface area contributed by atoms with Gasteiger partial charge in [-0.3, -0.25) is 19.8 Å². The maximum atomic E-state index is 13.4. The number of thioether (sulfide) groups is 1. The molecule has 1 amide bonds. The molecule has 0 saturated carbocycles. The van der Waals surface area contributed by atoms with E-state index in [1.807, 2.05) is 13.8 Å². The normalized spacial score (nSPS) is 18.3. The summed E-state index contributed by atoms with van der Waals surface area (Å²) in [5.74, 6) is -0.770. The number of rotatable bonds is 5. The lowest BCUT2D eigenvalue weighted by Gasteiger charge is -2.48. The van der Waals surface area contributed by atoms with Gasteiger partial charge >= 0.3 is 5.97 Å². The Labute approximate surface area is 175 Å². The number of ether oxygens (including phenoxy) is 1. The molecule has 0 radical (unpaired) electrons. The number of amides is 1. The molecule has 0 aliphatic carbocycles. The number of methoxy groups -OCH3 is 1. The fourth-order valence-electron chi connectivity index (χ4n) is 3.75. The highest BCUT2D eigenvalue weighted by Crippen LogP contribution is 2.38. The van der Waals surface area contributed by atoms with Crippen LogP contribution in [0.15, 0.2) is 17.0 Å². The predicted octanol–water partition coefficient (Wildman–Crippen LogP) is 3.58. The Morgan fingerprint density at radius 1 is 1.31 bits per heavy atom. The molecular weight excluding hydrogens is 394 g/mol. The zero-order chi connectivity index (χ0) is 22.1. The molecule has 1 aliphatic rings. The van der Waals surface area contributed by atoms with Crippen molar-refractivity contribution in [3.05, 3.63) is 27.8 Å². The first-order valence-electron chi connectivity index (χ1n) is 9.46. The third-order valence-electron chi connectivity index (χ3n) is 5.10. The molecule has 1 fully saturated rings. The van der Waals surface area contributed by atoms with Crippen molar-refractivity contribution < 1.29 is 19.2 Å². The molecule has 1 heterocycles. The van der Waals surface area contributed by atoms with Crippen LogP contribution in [0.1, 0.15) is 45.0 Å². The van der Waals surface area contributed by atoms with Crippen molar-refractivity contribution in [3.63, 3.8) is 0 Å². The average molecular weight is 424 g/mol. The van der Waals surface area contributed by atoms with Gasteiger partial charge in [0.1, 0.15) is 5.69 Å². The van der Waals surface area contributed by atoms with Crippen LogP contribution in [-0.4, -0.2) is 59.7 Å². The zero-order valence-corrected chi connectivity index (χ0v) is 18.8. The molecule has 1 aromatic rings. The fraction of sp³-hybridized carbons (Fsp3) is 0.600. The second-order valence-corrected chi connectivity index (χ2v) is 9.18. The topological polar surface area (TPSA) is 93.0 Å². The van der Waals surface area contributed by atoms with Gasteiger partial charge in [-0.05, 0) is 39.0 Å². The van der Waals surface area contributed by atoms with Gasteiger partial charge in [-0.25, -0.2) is 4.79 Å². The zero-order valence-electron chi connectivity index (χ0n) is 18.0. The SMILES string of the molecule is COC(=O)c1cc([N+](=O)[O-])c(N2CCN(C(C)(C)C)C(C(C)C)C2=O)cc1SC. The van der Waals surface area contributed by atoms with E-state index in [1.54, 1.807) is 12.3 Å². The minimum atomic E-state index is -0.645. The van der Waals surface area contributed by atoms with Crippen LogP contribution >= 0.6 is 11.8 Å². The highest BCUT2D eigenvalue weighted by atomic mass is 32.2. The summed E-state index contributed by atoms with van der Waals surface area (Å²) >= 11 is 1.28. The number of carbonyl (C=O) groups is 2. The molecular formula is C20H29N3O5S. The quantitative estimate of drug-likeness (QED) is 0.309. The van der Waals surface area contributed by atoms with Gasteiger partial charge in [0.15, 0.2) is 0 Å². The maximum absolute atomic E-state index is 13.4. The summed E-state index contributed by atoms with van der Waals surface area (Å²) in [5.41, 5.74) is -0.141. The van der Waals surface area contributed by atoms with Crippen molar-refractivity contribution in [2.24, 2.45) is 5.92 Å². The highest BCUT2D eigenvalue weighted by Gasteiger charge is 2.43. The molecule has 1 saturated heterocycles. The van der Waals surface area contributed by atoms with Crippen molar-refractivity contribution in [2.45, 2.75) is 51.1 Å². The fourth-order valence-corrected chi connectivity index (χ4v) is 4.34. The summed E-state index contributed by atoms with van der Waals surface area (Å²) in [6.07, 6.45) is 1.77. The van der Waals surface area contributed by atoms with Crippen LogP contribution < -0.4 is 4.90 Å². The van der Waals surface area contributed by atoms with Gasteiger partial charge in [-0.1, -0.05) is 13.8 Å². The minimum absolute atomic E-state index is 0.0398. The van der Waals surface area contributed by atoms with Crippen LogP contribution in [0.25, 0.3) is 0 Å². The van der Waals surface area contributed by atoms with Gasteiger partial charge in [0, 0.05) is 29.6 Å². The van der Waals surface area contributed by atoms with Gasteiger partial charge in [0.05, 0.1) is 23.6 Å². The molecule has 2 rings (SSSR count). The number of carbonyl (C=O) groups excluding carboxylic acids is 2. The number of hydrogen-bond donors (Lipinski definition) is 0. The Bertz CT molecular complexity index is 819. The van der Waals surface area contributed by atoms with E-state index in [0.717, 1.165) is 0 Å². The molecule has 9 heteroatoms. The molecule has 8 nitrogen and oxygen atoms in total. The number of nitrogens with zero attached hydrogens (tertiary/aromatic N) is 3. The lowest BCUT2D eigenvalue weighted by atomic mass is 9.92. The van der Waals surface area contributed by atoms with E-state index in [2.05, 4.69) is 25.7 Å². The first kappa shape index (κ1) is 23.2. The van der Waals surface area contributed by atoms with E-state index >= 15 is 0 Å². The van der Waals surface area contributed by atoms with Crippen molar-refractivity contribution in [2.75, 3.05) is 31.4 Å². The van der Waals surface area contributed by atoms with Crippen molar-refractivity contribution >= 4 is 35.0 Å². The summed E-state index contributed by atoms with van der Waals surface area (Å²) in [5, 5.41) is 11.8. The largest absolute Gasteiger partial charge is 0.465 e. The van der Waals surface area contributed by atoms with Gasteiger partial charge in [-0.15, -0.1) is 11.8 Å². The summed E-state index contributed by atoms with van der Waals surface area (Å²) < 4.78 is 4.76. The predicted molar refractivity (Wildman–Crippen MR) is 114 cm³/mol. The molecule has 0 N–H and O–H groups in total. The molecule has 0 bridgehead atoms. The van der Waals surface area contributed by atoms with Gasteiger partial charge < -0.3 is 9.64 Å². The van der Waals surface area contributed by atoms with Crippen LogP contribution in [0, 0.1) is 16.0 Å². The number of benzene rings is 1. The first-order chi connectivity index (χ1) is 13.4. The molecule has 0 aromatic heterocycles. The van der Waals surface area contributed by atoms with Gasteiger partial charge in [0.2, 0.25) is 5.91 Å². The second kappa shape index (κ2) is 8.71. The Hall–Kier alpha value is -2.13. The molecule has 1 atom stereocenters. The lowest BCUT2D eigenvalue weighted by molar-refractivity contribution is -0.384. The summed E-state index contributed by atoms with van der Waals surface area (Å²) in [6, 6.07) is 2.37. The number of piperazine rings is 1. The number of nitro groups is 1. The molecule has 1 aromatic carbocycles. The monoisotopic (exact) mass is 423 g/mol. The number of esters is 1. The Morgan fingerprint density at radius 3 is 2.38 bits per heavy atom. The average Bonchev–Trinajstić information content (AvgIpc) is 2.64. The van der Waals surface area contributed by atoms with E-state index in [1.165, 1.54) is 29.8 Å². The second-order valence-electron chi connectivity index (χ2n) is 8.33. The molecule has 0 spiro atoms. The van der Waals surface area contributed by atoms with E-state index < -0.39 is 10.9 Å². The van der Waals surface area contributed by atoms with E-state index in [4.69, 9.17) is 4.74 Å². The molecule has 29 heavy (non-hydrogen) atoms. The van der Waals surface area contributed by atoms with Crippen molar-refractivity contribution in [3.8, 4) is 0 Å². The van der Waals surface area contributed by atoms with E-state index in [-0.39, 0.29) is 40.3 Å². The van der Waals surface area contributed by atoms with E-state index in [0.29, 0.717) is 18.0 Å². The Balaban J connectivity index is 2.60. The molecule has 160 valence electrons. The smallest absolute Gasteiger partial charge is 0.339 e. The standard InChI is InChI=1S/C20H29N3O5S/c1-12(2)17-18(24)21(8-9-22(17)20(3,4)5)14-11-16(29-7)13(19(25)28-6)10-15(14)23(26)27/h10-12,17H,8-9H2,1-7H3. The van der Waals surface area contributed by atoms with E-state index in [9.17, 15) is 19.7 Å². The minimum Gasteiger partial charge on any atom is -0.465 e. The Kier molecular flexibility index (Phi) is 6.95. The highest BCUT2D eigenvalue weighted by molar-refractivity contribution is 7.98. The van der Waals surface area contributed by atoms with Crippen molar-refractivity contribution in [1.82, 2.24) is 4.90 Å². The van der Waals surface area contributed by atoms with Crippen LogP contribution in [-0.2, 0) is 9.53 Å². The van der Waals surface area contributed by atoms with Crippen LogP contribution in [0.2, 0.25) is 0 Å². The number of nitro benzene ring substituents is 1. The van der Waals surface area contributed by atoms with Gasteiger partial charge in [-0.2, -0.15) is 0 Å². The number of hydrogen-bond acceptors (Lipinski definition) is 7. The third kappa shape index (κ3) is 4.56. The lowest BCUT2D eigenvalue weighted by Crippen LogP contribution is -2.64. The number of anilines is 1. The summed E-state index contributed by atoms with van der Waals surface area (Å²) in [4.78, 5) is 40.9. The summed E-state index contributed by atoms with van der Waals surface area (Å²) in [7, 11) is 1.23.